The number of amides is 1. The third-order valence-corrected chi connectivity index (χ3v) is 5.19. The van der Waals surface area contributed by atoms with Crippen molar-refractivity contribution in [1.29, 1.82) is 0 Å². The number of carbonyl (C=O) groups excluding carboxylic acids is 1. The van der Waals surface area contributed by atoms with Crippen molar-refractivity contribution in [3.63, 3.8) is 0 Å². The van der Waals surface area contributed by atoms with Gasteiger partial charge in [0.2, 0.25) is 0 Å². The molecule has 0 saturated carbocycles. The molecule has 0 aliphatic carbocycles. The topological polar surface area (TPSA) is 106 Å². The van der Waals surface area contributed by atoms with Crippen LogP contribution in [-0.4, -0.2) is 25.2 Å². The highest BCUT2D eigenvalue weighted by Gasteiger charge is 2.23. The zero-order valence-corrected chi connectivity index (χ0v) is 17.3. The number of carbonyl (C=O) groups is 1. The molecule has 158 valence electrons. The highest BCUT2D eigenvalue weighted by molar-refractivity contribution is 6.06. The van der Waals surface area contributed by atoms with E-state index in [9.17, 15) is 19.5 Å². The van der Waals surface area contributed by atoms with Crippen molar-refractivity contribution in [2.24, 2.45) is 0 Å². The molecule has 31 heavy (non-hydrogen) atoms. The van der Waals surface area contributed by atoms with E-state index in [1.807, 2.05) is 6.92 Å². The number of nitrogens with one attached hydrogen (secondary N) is 1. The summed E-state index contributed by atoms with van der Waals surface area (Å²) in [7, 11) is 0. The number of hydrogen-bond donors (Lipinski definition) is 2. The quantitative estimate of drug-likeness (QED) is 0.518. The first-order valence-electron chi connectivity index (χ1n) is 10.1. The SMILES string of the molecule is CCCn1c(=O)c(C(=O)Nn2c(CC)nc3ccccc3c2=O)c(O)c2ccccc21. The second-order valence-electron chi connectivity index (χ2n) is 7.18. The minimum atomic E-state index is -0.869. The first kappa shape index (κ1) is 20.3. The first-order chi connectivity index (χ1) is 15.0. The Balaban J connectivity index is 1.90. The fourth-order valence-corrected chi connectivity index (χ4v) is 3.73. The maximum Gasteiger partial charge on any atom is 0.280 e. The number of rotatable bonds is 5. The summed E-state index contributed by atoms with van der Waals surface area (Å²) in [4.78, 5) is 43.7. The van der Waals surface area contributed by atoms with Crippen LogP contribution in [0.15, 0.2) is 58.1 Å². The summed E-state index contributed by atoms with van der Waals surface area (Å²) in [5.41, 5.74) is 2.07. The Morgan fingerprint density at radius 3 is 2.39 bits per heavy atom. The van der Waals surface area contributed by atoms with Crippen LogP contribution in [-0.2, 0) is 13.0 Å². The summed E-state index contributed by atoms with van der Waals surface area (Å²) in [5.74, 6) is -0.941. The lowest BCUT2D eigenvalue weighted by atomic mass is 10.1. The van der Waals surface area contributed by atoms with E-state index < -0.39 is 28.3 Å². The smallest absolute Gasteiger partial charge is 0.280 e. The van der Waals surface area contributed by atoms with Crippen molar-refractivity contribution >= 4 is 27.7 Å². The molecule has 2 aromatic carbocycles. The lowest BCUT2D eigenvalue weighted by molar-refractivity contribution is 0.100. The van der Waals surface area contributed by atoms with Gasteiger partial charge in [-0.05, 0) is 30.7 Å². The molecule has 0 aliphatic heterocycles. The van der Waals surface area contributed by atoms with Gasteiger partial charge < -0.3 is 9.67 Å². The van der Waals surface area contributed by atoms with Gasteiger partial charge in [0.05, 0.1) is 16.4 Å². The number of para-hydroxylation sites is 2. The standard InChI is InChI=1S/C23H22N4O4/c1-3-13-26-17-12-8-6-10-15(17)20(28)19(23(26)31)21(29)25-27-18(4-2)24-16-11-7-5-9-14(16)22(27)30/h5-12,28H,3-4,13H2,1-2H3,(H,25,29). The van der Waals surface area contributed by atoms with Gasteiger partial charge in [0, 0.05) is 18.4 Å². The van der Waals surface area contributed by atoms with Crippen molar-refractivity contribution in [1.82, 2.24) is 14.2 Å². The van der Waals surface area contributed by atoms with Crippen molar-refractivity contribution in [2.75, 3.05) is 5.43 Å². The van der Waals surface area contributed by atoms with E-state index in [1.54, 1.807) is 55.5 Å². The van der Waals surface area contributed by atoms with E-state index in [-0.39, 0.29) is 0 Å². The summed E-state index contributed by atoms with van der Waals surface area (Å²) >= 11 is 0. The highest BCUT2D eigenvalue weighted by Crippen LogP contribution is 2.26. The molecular weight excluding hydrogens is 396 g/mol. The fraction of sp³-hybridized carbons (Fsp3) is 0.217. The van der Waals surface area contributed by atoms with Crippen LogP contribution < -0.4 is 16.5 Å². The Kier molecular flexibility index (Phi) is 5.29. The average Bonchev–Trinajstić information content (AvgIpc) is 2.78. The molecule has 8 nitrogen and oxygen atoms in total. The number of nitrogens with zero attached hydrogens (tertiary/aromatic N) is 3. The minimum Gasteiger partial charge on any atom is -0.506 e. The number of hydrogen-bond acceptors (Lipinski definition) is 5. The van der Waals surface area contributed by atoms with Crippen LogP contribution in [0.1, 0.15) is 36.5 Å². The van der Waals surface area contributed by atoms with Gasteiger partial charge in [0.1, 0.15) is 17.1 Å². The lowest BCUT2D eigenvalue weighted by Crippen LogP contribution is -2.39. The minimum absolute atomic E-state index is 0.339. The molecule has 2 heterocycles. The monoisotopic (exact) mass is 418 g/mol. The van der Waals surface area contributed by atoms with Crippen LogP contribution in [0.25, 0.3) is 21.8 Å². The maximum atomic E-state index is 13.1. The van der Waals surface area contributed by atoms with Crippen molar-refractivity contribution in [3.8, 4) is 5.75 Å². The largest absolute Gasteiger partial charge is 0.506 e. The van der Waals surface area contributed by atoms with Gasteiger partial charge in [0.15, 0.2) is 0 Å². The lowest BCUT2D eigenvalue weighted by Gasteiger charge is -2.16. The molecule has 0 saturated heterocycles. The fourth-order valence-electron chi connectivity index (χ4n) is 3.73. The number of benzene rings is 2. The summed E-state index contributed by atoms with van der Waals surface area (Å²) in [6, 6.07) is 13.7. The van der Waals surface area contributed by atoms with Gasteiger partial charge in [0.25, 0.3) is 17.0 Å². The molecule has 0 unspecified atom stereocenters. The van der Waals surface area contributed by atoms with E-state index in [0.29, 0.717) is 47.0 Å². The third kappa shape index (κ3) is 3.35. The molecule has 1 amide bonds. The first-order valence-corrected chi connectivity index (χ1v) is 10.1. The van der Waals surface area contributed by atoms with Gasteiger partial charge >= 0.3 is 0 Å². The van der Waals surface area contributed by atoms with Crippen molar-refractivity contribution in [2.45, 2.75) is 33.2 Å². The molecule has 0 bridgehead atoms. The summed E-state index contributed by atoms with van der Waals surface area (Å²) in [5, 5.41) is 11.5. The molecule has 4 aromatic rings. The van der Waals surface area contributed by atoms with E-state index >= 15 is 0 Å². The number of aromatic nitrogens is 3. The molecule has 0 aliphatic rings. The predicted octanol–water partition coefficient (Wildman–Crippen LogP) is 2.77. The van der Waals surface area contributed by atoms with E-state index in [1.165, 1.54) is 4.57 Å². The number of aryl methyl sites for hydroxylation is 2. The molecule has 0 radical (unpaired) electrons. The second-order valence-corrected chi connectivity index (χ2v) is 7.18. The Bertz CT molecular complexity index is 1440. The van der Waals surface area contributed by atoms with Crippen LogP contribution >= 0.6 is 0 Å². The zero-order valence-electron chi connectivity index (χ0n) is 17.3. The van der Waals surface area contributed by atoms with Gasteiger partial charge in [-0.15, -0.1) is 0 Å². The molecule has 0 atom stereocenters. The third-order valence-electron chi connectivity index (χ3n) is 5.19. The van der Waals surface area contributed by atoms with E-state index in [4.69, 9.17) is 0 Å². The van der Waals surface area contributed by atoms with Gasteiger partial charge in [-0.2, -0.15) is 0 Å². The van der Waals surface area contributed by atoms with Crippen molar-refractivity contribution < 1.29 is 9.90 Å². The van der Waals surface area contributed by atoms with Gasteiger partial charge in [-0.25, -0.2) is 9.66 Å². The van der Waals surface area contributed by atoms with Crippen LogP contribution in [0.5, 0.6) is 5.75 Å². The number of fused-ring (bicyclic) bond motifs is 2. The summed E-state index contributed by atoms with van der Waals surface area (Å²) in [6.07, 6.45) is 1.05. The number of pyridine rings is 1. The summed E-state index contributed by atoms with van der Waals surface area (Å²) < 4.78 is 2.51. The molecule has 0 spiro atoms. The summed E-state index contributed by atoms with van der Waals surface area (Å²) in [6.45, 7) is 4.11. The molecule has 2 aromatic heterocycles. The van der Waals surface area contributed by atoms with Gasteiger partial charge in [-0.1, -0.05) is 38.1 Å². The van der Waals surface area contributed by atoms with Crippen LogP contribution in [0.4, 0.5) is 0 Å². The highest BCUT2D eigenvalue weighted by atomic mass is 16.3. The molecule has 8 heteroatoms. The molecular formula is C23H22N4O4. The zero-order chi connectivity index (χ0) is 22.1. The Morgan fingerprint density at radius 2 is 1.68 bits per heavy atom. The average molecular weight is 418 g/mol. The van der Waals surface area contributed by atoms with E-state index in [2.05, 4.69) is 10.4 Å². The Hall–Kier alpha value is -3.94. The molecule has 0 fully saturated rings. The van der Waals surface area contributed by atoms with Crippen LogP contribution in [0, 0.1) is 0 Å². The molecule has 2 N–H and O–H groups in total. The van der Waals surface area contributed by atoms with Crippen LogP contribution in [0.2, 0.25) is 0 Å². The number of aromatic hydroxyl groups is 1. The Labute approximate surface area is 177 Å². The Morgan fingerprint density at radius 1 is 1.00 bits per heavy atom. The van der Waals surface area contributed by atoms with Crippen molar-refractivity contribution in [3.05, 3.63) is 80.6 Å². The predicted molar refractivity (Wildman–Crippen MR) is 119 cm³/mol. The molecule has 4 rings (SSSR count). The van der Waals surface area contributed by atoms with Crippen LogP contribution in [0.3, 0.4) is 0 Å². The maximum absolute atomic E-state index is 13.1. The normalized spacial score (nSPS) is 11.2. The van der Waals surface area contributed by atoms with E-state index in [0.717, 1.165) is 4.68 Å². The second kappa shape index (κ2) is 8.06. The van der Waals surface area contributed by atoms with Gasteiger partial charge in [-0.3, -0.25) is 19.8 Å².